The number of halogens is 2. The Kier molecular flexibility index (Phi) is 8.18. The molecule has 2 unspecified atom stereocenters. The van der Waals surface area contributed by atoms with Crippen molar-refractivity contribution in [3.63, 3.8) is 0 Å². The second-order valence-electron chi connectivity index (χ2n) is 12.0. The predicted molar refractivity (Wildman–Crippen MR) is 141 cm³/mol. The Labute approximate surface area is 236 Å². The van der Waals surface area contributed by atoms with Crippen LogP contribution in [0.2, 0.25) is 0 Å². The molecule has 1 fully saturated rings. The quantitative estimate of drug-likeness (QED) is 0.250. The average Bonchev–Trinajstić information content (AvgIpc) is 3.06. The molecular formula is C25H35F2N2O9PS. The van der Waals surface area contributed by atoms with Gasteiger partial charge in [-0.3, -0.25) is 13.8 Å². The van der Waals surface area contributed by atoms with Crippen molar-refractivity contribution in [3.8, 4) is 5.75 Å². The number of amides is 1. The van der Waals surface area contributed by atoms with Crippen LogP contribution in [-0.4, -0.2) is 69.1 Å². The zero-order valence-corrected chi connectivity index (χ0v) is 24.8. The average molecular weight is 609 g/mol. The van der Waals surface area contributed by atoms with Crippen LogP contribution < -0.4 is 9.84 Å². The number of rotatable bonds is 5. The van der Waals surface area contributed by atoms with E-state index < -0.39 is 80.0 Å². The molecule has 3 heterocycles. The molecule has 0 spiro atoms. The third-order valence-electron chi connectivity index (χ3n) is 6.89. The van der Waals surface area contributed by atoms with Gasteiger partial charge in [0.05, 0.1) is 24.4 Å². The Morgan fingerprint density at radius 2 is 1.85 bits per heavy atom. The lowest BCUT2D eigenvalue weighted by atomic mass is 9.78. The first-order valence-electron chi connectivity index (χ1n) is 12.6. The van der Waals surface area contributed by atoms with Gasteiger partial charge in [0.2, 0.25) is 0 Å². The molecule has 0 aliphatic carbocycles. The van der Waals surface area contributed by atoms with Crippen molar-refractivity contribution < 1.29 is 51.8 Å². The number of nitrogens with one attached hydrogen (secondary N) is 1. The Hall–Kier alpha value is -1.77. The lowest BCUT2D eigenvalue weighted by Crippen LogP contribution is -2.54. The Balaban J connectivity index is 1.58. The van der Waals surface area contributed by atoms with E-state index in [2.05, 4.69) is 17.9 Å². The van der Waals surface area contributed by atoms with Crippen molar-refractivity contribution in [2.24, 2.45) is 0 Å². The second-order valence-corrected chi connectivity index (χ2v) is 14.1. The highest BCUT2D eigenvalue weighted by Crippen LogP contribution is 2.58. The summed E-state index contributed by atoms with van der Waals surface area (Å²) in [6.07, 6.45) is -4.53. The minimum absolute atomic E-state index is 0.0325. The summed E-state index contributed by atoms with van der Waals surface area (Å²) in [6, 6.07) is 1.64. The standard InChI is InChI=1S/C25H35F2N2O9PS/c1-23(2,3)14-7-15(24(4,5)6)18-13(16(14)26)10-35-39(34,38-18)36-11-25(27)19(32)17(31)21(37-25)29-8-12(9-30)20(33)28-22(29)40/h7-8,17,19,21-22,30-32,40H,9-11H2,1-6H3,(H,28,33)/t17-,19+,21-,22?,25-,39?/m1/s1. The SMILES string of the molecule is CC(C)(C)c1cc(C(C)(C)C)c2c(c1F)COP(=O)(OC[C@@]1(F)O[C@@H](N3C=C(CO)C(=O)NC3S)[C@H](O)[C@@H]1O)O2. The van der Waals surface area contributed by atoms with Crippen molar-refractivity contribution >= 4 is 26.4 Å². The number of fused-ring (bicyclic) bond motifs is 1. The van der Waals surface area contributed by atoms with Gasteiger partial charge in [-0.2, -0.15) is 0 Å². The lowest BCUT2D eigenvalue weighted by Gasteiger charge is -2.37. The number of alkyl halides is 1. The largest absolute Gasteiger partial charge is 0.530 e. The summed E-state index contributed by atoms with van der Waals surface area (Å²) >= 11 is 4.16. The third kappa shape index (κ3) is 5.65. The molecule has 0 bridgehead atoms. The molecule has 0 radical (unpaired) electrons. The van der Waals surface area contributed by atoms with Crippen LogP contribution in [0, 0.1) is 5.82 Å². The maximum Gasteiger partial charge on any atom is 0.530 e. The molecule has 15 heteroatoms. The number of aliphatic hydroxyl groups excluding tert-OH is 3. The molecule has 1 saturated heterocycles. The van der Waals surface area contributed by atoms with E-state index >= 15 is 8.78 Å². The fourth-order valence-electron chi connectivity index (χ4n) is 4.57. The number of nitrogens with zero attached hydrogens (tertiary/aromatic N) is 1. The summed E-state index contributed by atoms with van der Waals surface area (Å²) in [5, 5.41) is 32.8. The van der Waals surface area contributed by atoms with Crippen molar-refractivity contribution in [1.29, 1.82) is 0 Å². The van der Waals surface area contributed by atoms with Gasteiger partial charge in [-0.05, 0) is 22.5 Å². The Morgan fingerprint density at radius 3 is 2.42 bits per heavy atom. The number of hydrogen-bond acceptors (Lipinski definition) is 11. The van der Waals surface area contributed by atoms with Crippen LogP contribution in [0.15, 0.2) is 17.8 Å². The van der Waals surface area contributed by atoms with Crippen molar-refractivity contribution in [2.45, 2.75) is 88.8 Å². The first kappa shape index (κ1) is 31.2. The van der Waals surface area contributed by atoms with Crippen LogP contribution in [-0.2, 0) is 40.6 Å². The van der Waals surface area contributed by atoms with Crippen molar-refractivity contribution in [3.05, 3.63) is 40.3 Å². The van der Waals surface area contributed by atoms with Crippen LogP contribution in [0.3, 0.4) is 0 Å². The molecule has 224 valence electrons. The predicted octanol–water partition coefficient (Wildman–Crippen LogP) is 2.72. The van der Waals surface area contributed by atoms with Crippen LogP contribution in [0.5, 0.6) is 5.75 Å². The number of thiol groups is 1. The zero-order valence-electron chi connectivity index (χ0n) is 23.0. The topological polar surface area (TPSA) is 147 Å². The minimum atomic E-state index is -4.56. The number of benzene rings is 1. The van der Waals surface area contributed by atoms with Gasteiger partial charge in [-0.25, -0.2) is 13.3 Å². The van der Waals surface area contributed by atoms with Gasteiger partial charge in [-0.1, -0.05) is 41.5 Å². The molecule has 11 nitrogen and oxygen atoms in total. The van der Waals surface area contributed by atoms with E-state index in [9.17, 15) is 24.7 Å². The fraction of sp³-hybridized carbons (Fsp3) is 0.640. The zero-order chi connectivity index (χ0) is 30.0. The van der Waals surface area contributed by atoms with E-state index in [1.807, 2.05) is 41.5 Å². The van der Waals surface area contributed by atoms with E-state index in [0.717, 1.165) is 11.1 Å². The van der Waals surface area contributed by atoms with Crippen molar-refractivity contribution in [1.82, 2.24) is 10.2 Å². The number of ether oxygens (including phenoxy) is 1. The summed E-state index contributed by atoms with van der Waals surface area (Å²) in [5.74, 6) is -4.35. The molecule has 4 rings (SSSR count). The molecule has 0 saturated carbocycles. The normalized spacial score (nSPS) is 32.9. The van der Waals surface area contributed by atoms with Gasteiger partial charge in [0.25, 0.3) is 11.8 Å². The van der Waals surface area contributed by atoms with Gasteiger partial charge in [0, 0.05) is 11.8 Å². The Morgan fingerprint density at radius 1 is 1.23 bits per heavy atom. The smallest absolute Gasteiger partial charge is 0.403 e. The number of carbonyl (C=O) groups excluding carboxylic acids is 1. The number of hydrogen-bond donors (Lipinski definition) is 5. The highest BCUT2D eigenvalue weighted by Gasteiger charge is 2.59. The monoisotopic (exact) mass is 608 g/mol. The van der Waals surface area contributed by atoms with E-state index in [1.54, 1.807) is 6.07 Å². The molecule has 4 N–H and O–H groups in total. The first-order valence-corrected chi connectivity index (χ1v) is 14.5. The lowest BCUT2D eigenvalue weighted by molar-refractivity contribution is -0.212. The van der Waals surface area contributed by atoms with Gasteiger partial charge in [0.15, 0.2) is 6.23 Å². The van der Waals surface area contributed by atoms with E-state index in [0.29, 0.717) is 11.1 Å². The van der Waals surface area contributed by atoms with Crippen molar-refractivity contribution in [2.75, 3.05) is 13.2 Å². The molecule has 3 aliphatic rings. The highest BCUT2D eigenvalue weighted by atomic mass is 32.1. The van der Waals surface area contributed by atoms with Crippen LogP contribution in [0.25, 0.3) is 0 Å². The van der Waals surface area contributed by atoms with Crippen LogP contribution >= 0.6 is 20.5 Å². The summed E-state index contributed by atoms with van der Waals surface area (Å²) in [7, 11) is -4.56. The van der Waals surface area contributed by atoms with Crippen LogP contribution in [0.4, 0.5) is 8.78 Å². The molecule has 40 heavy (non-hydrogen) atoms. The second kappa shape index (κ2) is 10.5. The van der Waals surface area contributed by atoms with E-state index in [1.165, 1.54) is 0 Å². The molecule has 1 aromatic rings. The van der Waals surface area contributed by atoms with E-state index in [4.69, 9.17) is 18.3 Å². The van der Waals surface area contributed by atoms with Gasteiger partial charge in [-0.15, -0.1) is 12.6 Å². The molecular weight excluding hydrogens is 573 g/mol. The number of phosphoric ester groups is 1. The molecule has 1 aromatic carbocycles. The summed E-state index contributed by atoms with van der Waals surface area (Å²) in [6.45, 7) is 8.82. The third-order valence-corrected chi connectivity index (χ3v) is 8.58. The fourth-order valence-corrected chi connectivity index (χ4v) is 6.12. The van der Waals surface area contributed by atoms with E-state index in [-0.39, 0.29) is 16.9 Å². The number of carbonyl (C=O) groups is 1. The number of aliphatic hydroxyl groups is 3. The molecule has 3 aliphatic heterocycles. The minimum Gasteiger partial charge on any atom is -0.403 e. The summed E-state index contributed by atoms with van der Waals surface area (Å²) in [4.78, 5) is 13.0. The maximum atomic E-state index is 15.8. The molecule has 0 aromatic heterocycles. The molecule has 6 atom stereocenters. The molecule has 1 amide bonds. The maximum absolute atomic E-state index is 15.8. The highest BCUT2D eigenvalue weighted by molar-refractivity contribution is 7.80. The Bertz CT molecular complexity index is 1270. The van der Waals surface area contributed by atoms with Gasteiger partial charge in [0.1, 0.15) is 35.9 Å². The summed E-state index contributed by atoms with van der Waals surface area (Å²) < 4.78 is 66.1. The number of phosphoric acid groups is 1. The van der Waals surface area contributed by atoms with Gasteiger partial charge < -0.3 is 34.8 Å². The van der Waals surface area contributed by atoms with Gasteiger partial charge >= 0.3 is 7.82 Å². The summed E-state index contributed by atoms with van der Waals surface area (Å²) in [5.41, 5.74) is -1.33. The first-order chi connectivity index (χ1) is 18.3. The van der Waals surface area contributed by atoms with Crippen LogP contribution in [0.1, 0.15) is 58.2 Å².